The molecule has 26 heavy (non-hydrogen) atoms. The number of hydrogen-bond acceptors (Lipinski definition) is 5. The number of amides is 1. The van der Waals surface area contributed by atoms with Crippen molar-refractivity contribution in [2.24, 2.45) is 0 Å². The van der Waals surface area contributed by atoms with Crippen LogP contribution in [0.2, 0.25) is 0 Å². The maximum absolute atomic E-state index is 12.4. The van der Waals surface area contributed by atoms with Gasteiger partial charge in [0.1, 0.15) is 5.82 Å². The lowest BCUT2D eigenvalue weighted by Crippen LogP contribution is -2.53. The molecule has 1 atom stereocenters. The summed E-state index contributed by atoms with van der Waals surface area (Å²) >= 11 is 0. The fourth-order valence-corrected chi connectivity index (χ4v) is 4.13. The molecular weight excluding hydrogens is 328 g/mol. The van der Waals surface area contributed by atoms with Crippen LogP contribution in [0.15, 0.2) is 24.3 Å². The van der Waals surface area contributed by atoms with E-state index in [0.717, 1.165) is 32.6 Å². The normalized spacial score (nSPS) is 20.8. The quantitative estimate of drug-likeness (QED) is 0.855. The van der Waals surface area contributed by atoms with Crippen molar-refractivity contribution in [3.05, 3.63) is 41.2 Å². The molecule has 1 aromatic carbocycles. The van der Waals surface area contributed by atoms with E-state index in [4.69, 9.17) is 5.73 Å². The van der Waals surface area contributed by atoms with Crippen LogP contribution >= 0.6 is 0 Å². The summed E-state index contributed by atoms with van der Waals surface area (Å²) < 4.78 is 0. The smallest absolute Gasteiger partial charge is 0.239 e. The summed E-state index contributed by atoms with van der Waals surface area (Å²) in [5.41, 5.74) is 8.49. The highest BCUT2D eigenvalue weighted by Crippen LogP contribution is 2.25. The summed E-state index contributed by atoms with van der Waals surface area (Å²) in [6.45, 7) is 3.56. The number of H-pyrrole nitrogens is 1. The second kappa shape index (κ2) is 7.45. The van der Waals surface area contributed by atoms with Crippen LogP contribution in [0.5, 0.6) is 0 Å². The van der Waals surface area contributed by atoms with Crippen molar-refractivity contribution in [2.75, 3.05) is 31.9 Å². The van der Waals surface area contributed by atoms with Crippen molar-refractivity contribution in [1.29, 1.82) is 0 Å². The van der Waals surface area contributed by atoms with Crippen LogP contribution in [0.1, 0.15) is 29.8 Å². The SMILES string of the molecule is Nc1n[nH]c(CCC(=O)N2CCN([C@H]3CCc4ccccc4C3)CC2)n1. The number of rotatable bonds is 4. The lowest BCUT2D eigenvalue weighted by atomic mass is 9.87. The van der Waals surface area contributed by atoms with Gasteiger partial charge in [-0.3, -0.25) is 14.8 Å². The van der Waals surface area contributed by atoms with Gasteiger partial charge in [0.15, 0.2) is 0 Å². The van der Waals surface area contributed by atoms with Crippen LogP contribution in [-0.4, -0.2) is 63.1 Å². The number of fused-ring (bicyclic) bond motifs is 1. The maximum atomic E-state index is 12.4. The highest BCUT2D eigenvalue weighted by atomic mass is 16.2. The van der Waals surface area contributed by atoms with Crippen LogP contribution in [0.25, 0.3) is 0 Å². The van der Waals surface area contributed by atoms with Crippen LogP contribution in [0.3, 0.4) is 0 Å². The van der Waals surface area contributed by atoms with Gasteiger partial charge in [-0.15, -0.1) is 5.10 Å². The van der Waals surface area contributed by atoms with Gasteiger partial charge >= 0.3 is 0 Å². The maximum Gasteiger partial charge on any atom is 0.239 e. The Morgan fingerprint density at radius 1 is 1.19 bits per heavy atom. The molecule has 7 heteroatoms. The number of nitrogen functional groups attached to an aromatic ring is 1. The minimum atomic E-state index is 0.189. The van der Waals surface area contributed by atoms with Crippen LogP contribution in [0.4, 0.5) is 5.95 Å². The van der Waals surface area contributed by atoms with Crippen molar-refractivity contribution in [2.45, 2.75) is 38.1 Å². The number of hydrogen-bond donors (Lipinski definition) is 2. The zero-order valence-electron chi connectivity index (χ0n) is 15.0. The Morgan fingerprint density at radius 3 is 2.69 bits per heavy atom. The van der Waals surface area contributed by atoms with Crippen molar-refractivity contribution in [1.82, 2.24) is 25.0 Å². The van der Waals surface area contributed by atoms with E-state index in [2.05, 4.69) is 44.3 Å². The van der Waals surface area contributed by atoms with Gasteiger partial charge in [0, 0.05) is 45.1 Å². The fourth-order valence-electron chi connectivity index (χ4n) is 4.13. The number of nitrogens with two attached hydrogens (primary N) is 1. The molecular formula is C19H26N6O. The zero-order valence-corrected chi connectivity index (χ0v) is 15.0. The predicted molar refractivity (Wildman–Crippen MR) is 99.5 cm³/mol. The minimum absolute atomic E-state index is 0.189. The molecule has 0 unspecified atom stereocenters. The summed E-state index contributed by atoms with van der Waals surface area (Å²) in [5, 5.41) is 6.55. The first-order valence-electron chi connectivity index (χ1n) is 9.44. The van der Waals surface area contributed by atoms with Gasteiger partial charge in [-0.1, -0.05) is 24.3 Å². The molecule has 1 amide bonds. The molecule has 3 N–H and O–H groups in total. The van der Waals surface area contributed by atoms with Crippen LogP contribution < -0.4 is 5.73 Å². The van der Waals surface area contributed by atoms with Gasteiger partial charge in [0.25, 0.3) is 0 Å². The van der Waals surface area contributed by atoms with Gasteiger partial charge < -0.3 is 10.6 Å². The van der Waals surface area contributed by atoms with E-state index in [1.165, 1.54) is 24.0 Å². The van der Waals surface area contributed by atoms with Gasteiger partial charge in [0.05, 0.1) is 0 Å². The first kappa shape index (κ1) is 17.0. The number of carbonyl (C=O) groups is 1. The molecule has 2 heterocycles. The standard InChI is InChI=1S/C19H26N6O/c20-19-21-17(22-23-19)7-8-18(26)25-11-9-24(10-12-25)16-6-5-14-3-1-2-4-15(14)13-16/h1-4,16H,5-13H2,(H3,20,21,22,23)/t16-/m0/s1. The lowest BCUT2D eigenvalue weighted by molar-refractivity contribution is -0.133. The minimum Gasteiger partial charge on any atom is -0.367 e. The third-order valence-electron chi connectivity index (χ3n) is 5.63. The van der Waals surface area contributed by atoms with Crippen molar-refractivity contribution in [3.8, 4) is 0 Å². The van der Waals surface area contributed by atoms with Crippen molar-refractivity contribution >= 4 is 11.9 Å². The number of aromatic amines is 1. The van der Waals surface area contributed by atoms with Gasteiger partial charge in [-0.2, -0.15) is 4.98 Å². The van der Waals surface area contributed by atoms with Crippen molar-refractivity contribution < 1.29 is 4.79 Å². The summed E-state index contributed by atoms with van der Waals surface area (Å²) in [6.07, 6.45) is 4.53. The van der Waals surface area contributed by atoms with Crippen LogP contribution in [-0.2, 0) is 24.1 Å². The zero-order chi connectivity index (χ0) is 17.9. The summed E-state index contributed by atoms with van der Waals surface area (Å²) in [4.78, 5) is 21.0. The number of nitrogens with zero attached hydrogens (tertiary/aromatic N) is 4. The van der Waals surface area contributed by atoms with E-state index in [9.17, 15) is 4.79 Å². The second-order valence-corrected chi connectivity index (χ2v) is 7.22. The van der Waals surface area contributed by atoms with E-state index in [-0.39, 0.29) is 11.9 Å². The highest BCUT2D eigenvalue weighted by Gasteiger charge is 2.28. The van der Waals surface area contributed by atoms with E-state index in [1.807, 2.05) is 4.90 Å². The topological polar surface area (TPSA) is 91.1 Å². The molecule has 0 spiro atoms. The summed E-state index contributed by atoms with van der Waals surface area (Å²) in [6, 6.07) is 9.40. The predicted octanol–water partition coefficient (Wildman–Crippen LogP) is 1.02. The van der Waals surface area contributed by atoms with Gasteiger partial charge in [0.2, 0.25) is 11.9 Å². The van der Waals surface area contributed by atoms with Crippen molar-refractivity contribution in [3.63, 3.8) is 0 Å². The highest BCUT2D eigenvalue weighted by molar-refractivity contribution is 5.76. The largest absolute Gasteiger partial charge is 0.367 e. The van der Waals surface area contributed by atoms with Crippen LogP contribution in [0, 0.1) is 0 Å². The van der Waals surface area contributed by atoms with E-state index < -0.39 is 0 Å². The average Bonchev–Trinajstić information content (AvgIpc) is 3.11. The Balaban J connectivity index is 1.26. The molecule has 7 nitrogen and oxygen atoms in total. The number of benzene rings is 1. The molecule has 1 aliphatic carbocycles. The Kier molecular flexibility index (Phi) is 4.88. The first-order valence-corrected chi connectivity index (χ1v) is 9.44. The Hall–Kier alpha value is -2.41. The number of aryl methyl sites for hydroxylation is 2. The second-order valence-electron chi connectivity index (χ2n) is 7.22. The molecule has 4 rings (SSSR count). The molecule has 0 bridgehead atoms. The molecule has 1 aliphatic heterocycles. The number of nitrogens with one attached hydrogen (secondary N) is 1. The first-order chi connectivity index (χ1) is 12.7. The Labute approximate surface area is 153 Å². The van der Waals surface area contributed by atoms with E-state index in [1.54, 1.807) is 0 Å². The van der Waals surface area contributed by atoms with E-state index >= 15 is 0 Å². The summed E-state index contributed by atoms with van der Waals surface area (Å²) in [7, 11) is 0. The molecule has 1 fully saturated rings. The third kappa shape index (κ3) is 3.72. The number of aromatic nitrogens is 3. The molecule has 2 aliphatic rings. The Morgan fingerprint density at radius 2 is 1.96 bits per heavy atom. The number of piperazine rings is 1. The van der Waals surface area contributed by atoms with E-state index in [0.29, 0.717) is 24.7 Å². The molecule has 0 radical (unpaired) electrons. The van der Waals surface area contributed by atoms with Gasteiger partial charge in [-0.25, -0.2) is 0 Å². The monoisotopic (exact) mass is 354 g/mol. The Bertz CT molecular complexity index is 765. The third-order valence-corrected chi connectivity index (χ3v) is 5.63. The fraction of sp³-hybridized carbons (Fsp3) is 0.526. The number of anilines is 1. The van der Waals surface area contributed by atoms with Gasteiger partial charge in [-0.05, 0) is 30.4 Å². The molecule has 1 aromatic heterocycles. The lowest BCUT2D eigenvalue weighted by Gasteiger charge is -2.41. The molecule has 0 saturated carbocycles. The average molecular weight is 354 g/mol. The molecule has 2 aromatic rings. The summed E-state index contributed by atoms with van der Waals surface area (Å²) in [5.74, 6) is 1.10. The molecule has 138 valence electrons. The molecule has 1 saturated heterocycles. The number of carbonyl (C=O) groups excluding carboxylic acids is 1.